The zero-order valence-corrected chi connectivity index (χ0v) is 8.36. The predicted octanol–water partition coefficient (Wildman–Crippen LogP) is 0.909. The molecule has 1 aromatic rings. The van der Waals surface area contributed by atoms with E-state index in [9.17, 15) is 0 Å². The SMILES string of the molecule is COc1cc(CCC2(N)CC2)ncn1. The maximum absolute atomic E-state index is 5.99. The van der Waals surface area contributed by atoms with E-state index in [0.717, 1.165) is 31.4 Å². The normalized spacial score (nSPS) is 17.9. The van der Waals surface area contributed by atoms with E-state index in [1.807, 2.05) is 6.07 Å². The highest BCUT2D eigenvalue weighted by Gasteiger charge is 2.37. The smallest absolute Gasteiger partial charge is 0.216 e. The van der Waals surface area contributed by atoms with Gasteiger partial charge in [0, 0.05) is 17.3 Å². The second kappa shape index (κ2) is 3.53. The van der Waals surface area contributed by atoms with Crippen LogP contribution in [-0.4, -0.2) is 22.6 Å². The van der Waals surface area contributed by atoms with E-state index in [2.05, 4.69) is 9.97 Å². The highest BCUT2D eigenvalue weighted by atomic mass is 16.5. The molecule has 76 valence electrons. The van der Waals surface area contributed by atoms with Crippen molar-refractivity contribution in [2.24, 2.45) is 5.73 Å². The molecule has 1 fully saturated rings. The van der Waals surface area contributed by atoms with Crippen molar-refractivity contribution in [3.8, 4) is 5.88 Å². The van der Waals surface area contributed by atoms with Crippen LogP contribution in [0.3, 0.4) is 0 Å². The quantitative estimate of drug-likeness (QED) is 0.772. The number of methoxy groups -OCH3 is 1. The molecule has 4 nitrogen and oxygen atoms in total. The Labute approximate surface area is 83.5 Å². The van der Waals surface area contributed by atoms with Crippen LogP contribution < -0.4 is 10.5 Å². The first-order valence-electron chi connectivity index (χ1n) is 4.86. The summed E-state index contributed by atoms with van der Waals surface area (Å²) in [7, 11) is 1.61. The highest BCUT2D eigenvalue weighted by Crippen LogP contribution is 2.36. The Kier molecular flexibility index (Phi) is 2.37. The van der Waals surface area contributed by atoms with Crippen molar-refractivity contribution in [2.45, 2.75) is 31.2 Å². The Morgan fingerprint density at radius 2 is 2.29 bits per heavy atom. The maximum Gasteiger partial charge on any atom is 0.216 e. The Morgan fingerprint density at radius 1 is 1.50 bits per heavy atom. The monoisotopic (exact) mass is 193 g/mol. The number of aryl methyl sites for hydroxylation is 1. The number of ether oxygens (including phenoxy) is 1. The average Bonchev–Trinajstić information content (AvgIpc) is 2.95. The summed E-state index contributed by atoms with van der Waals surface area (Å²) in [6.45, 7) is 0. The summed E-state index contributed by atoms with van der Waals surface area (Å²) < 4.78 is 5.02. The maximum atomic E-state index is 5.99. The first-order chi connectivity index (χ1) is 6.72. The van der Waals surface area contributed by atoms with E-state index in [1.165, 1.54) is 6.33 Å². The minimum atomic E-state index is 0.0954. The number of hydrogen-bond donors (Lipinski definition) is 1. The average molecular weight is 193 g/mol. The second-order valence-corrected chi connectivity index (χ2v) is 3.91. The lowest BCUT2D eigenvalue weighted by molar-refractivity contribution is 0.395. The van der Waals surface area contributed by atoms with Crippen molar-refractivity contribution in [1.29, 1.82) is 0 Å². The molecule has 0 spiro atoms. The molecule has 0 aromatic carbocycles. The van der Waals surface area contributed by atoms with E-state index in [1.54, 1.807) is 7.11 Å². The fourth-order valence-electron chi connectivity index (χ4n) is 1.41. The van der Waals surface area contributed by atoms with Gasteiger partial charge in [-0.25, -0.2) is 9.97 Å². The molecule has 1 saturated carbocycles. The van der Waals surface area contributed by atoms with Crippen molar-refractivity contribution in [1.82, 2.24) is 9.97 Å². The first kappa shape index (κ1) is 9.40. The van der Waals surface area contributed by atoms with Gasteiger partial charge < -0.3 is 10.5 Å². The van der Waals surface area contributed by atoms with Crippen LogP contribution in [0.4, 0.5) is 0 Å². The number of rotatable bonds is 4. The molecule has 1 aliphatic carbocycles. The summed E-state index contributed by atoms with van der Waals surface area (Å²) in [5.41, 5.74) is 7.09. The molecule has 2 N–H and O–H groups in total. The van der Waals surface area contributed by atoms with Gasteiger partial charge in [0.05, 0.1) is 7.11 Å². The van der Waals surface area contributed by atoms with Gasteiger partial charge in [-0.1, -0.05) is 0 Å². The van der Waals surface area contributed by atoms with Crippen molar-refractivity contribution in [3.63, 3.8) is 0 Å². The molecule has 0 atom stereocenters. The molecular weight excluding hydrogens is 178 g/mol. The second-order valence-electron chi connectivity index (χ2n) is 3.91. The van der Waals surface area contributed by atoms with Crippen molar-refractivity contribution in [3.05, 3.63) is 18.1 Å². The molecule has 0 unspecified atom stereocenters. The lowest BCUT2D eigenvalue weighted by Gasteiger charge is -2.07. The van der Waals surface area contributed by atoms with Gasteiger partial charge in [0.2, 0.25) is 5.88 Å². The third-order valence-corrected chi connectivity index (χ3v) is 2.68. The number of hydrogen-bond acceptors (Lipinski definition) is 4. The Hall–Kier alpha value is -1.16. The molecule has 2 rings (SSSR count). The molecule has 14 heavy (non-hydrogen) atoms. The molecule has 1 aromatic heterocycles. The number of nitrogens with zero attached hydrogens (tertiary/aromatic N) is 2. The fourth-order valence-corrected chi connectivity index (χ4v) is 1.41. The molecule has 0 saturated heterocycles. The van der Waals surface area contributed by atoms with E-state index >= 15 is 0 Å². The molecule has 1 heterocycles. The minimum absolute atomic E-state index is 0.0954. The van der Waals surface area contributed by atoms with Crippen LogP contribution >= 0.6 is 0 Å². The molecule has 1 aliphatic rings. The summed E-state index contributed by atoms with van der Waals surface area (Å²) in [6, 6.07) is 1.87. The van der Waals surface area contributed by atoms with Gasteiger partial charge >= 0.3 is 0 Å². The third-order valence-electron chi connectivity index (χ3n) is 2.68. The van der Waals surface area contributed by atoms with Crippen LogP contribution in [0, 0.1) is 0 Å². The standard InChI is InChI=1S/C10H15N3O/c1-14-9-6-8(12-7-13-9)2-3-10(11)4-5-10/h6-7H,2-5,11H2,1H3. The molecule has 4 heteroatoms. The number of aromatic nitrogens is 2. The zero-order chi connectivity index (χ0) is 10.0. The van der Waals surface area contributed by atoms with Gasteiger partial charge in [-0.3, -0.25) is 0 Å². The van der Waals surface area contributed by atoms with Crippen LogP contribution in [0.1, 0.15) is 25.0 Å². The van der Waals surface area contributed by atoms with E-state index < -0.39 is 0 Å². The summed E-state index contributed by atoms with van der Waals surface area (Å²) in [4.78, 5) is 8.12. The van der Waals surface area contributed by atoms with Gasteiger partial charge in [0.15, 0.2) is 0 Å². The lowest BCUT2D eigenvalue weighted by Crippen LogP contribution is -2.22. The van der Waals surface area contributed by atoms with Crippen molar-refractivity contribution in [2.75, 3.05) is 7.11 Å². The third kappa shape index (κ3) is 2.20. The van der Waals surface area contributed by atoms with Gasteiger partial charge in [-0.2, -0.15) is 0 Å². The molecule has 0 bridgehead atoms. The molecule has 0 amide bonds. The molecule has 0 radical (unpaired) electrons. The van der Waals surface area contributed by atoms with E-state index in [4.69, 9.17) is 10.5 Å². The summed E-state index contributed by atoms with van der Waals surface area (Å²) >= 11 is 0. The largest absolute Gasteiger partial charge is 0.481 e. The van der Waals surface area contributed by atoms with E-state index in [-0.39, 0.29) is 5.54 Å². The Bertz CT molecular complexity index is 323. The predicted molar refractivity (Wildman–Crippen MR) is 53.1 cm³/mol. The Balaban J connectivity index is 1.94. The topological polar surface area (TPSA) is 61.0 Å². The van der Waals surface area contributed by atoms with Gasteiger partial charge in [-0.15, -0.1) is 0 Å². The minimum Gasteiger partial charge on any atom is -0.481 e. The van der Waals surface area contributed by atoms with Crippen LogP contribution in [0.2, 0.25) is 0 Å². The van der Waals surface area contributed by atoms with Crippen molar-refractivity contribution >= 4 is 0 Å². The highest BCUT2D eigenvalue weighted by molar-refractivity contribution is 5.14. The fraction of sp³-hybridized carbons (Fsp3) is 0.600. The lowest BCUT2D eigenvalue weighted by atomic mass is 10.1. The zero-order valence-electron chi connectivity index (χ0n) is 8.36. The van der Waals surface area contributed by atoms with Gasteiger partial charge in [0.1, 0.15) is 6.33 Å². The van der Waals surface area contributed by atoms with Gasteiger partial charge in [0.25, 0.3) is 0 Å². The van der Waals surface area contributed by atoms with Gasteiger partial charge in [-0.05, 0) is 25.7 Å². The van der Waals surface area contributed by atoms with E-state index in [0.29, 0.717) is 5.88 Å². The van der Waals surface area contributed by atoms with Crippen LogP contribution in [0.5, 0.6) is 5.88 Å². The molecular formula is C10H15N3O. The summed E-state index contributed by atoms with van der Waals surface area (Å²) in [5.74, 6) is 0.622. The van der Waals surface area contributed by atoms with Crippen LogP contribution in [0.15, 0.2) is 12.4 Å². The molecule has 0 aliphatic heterocycles. The summed E-state index contributed by atoms with van der Waals surface area (Å²) in [6.07, 6.45) is 5.75. The Morgan fingerprint density at radius 3 is 2.93 bits per heavy atom. The van der Waals surface area contributed by atoms with Crippen LogP contribution in [0.25, 0.3) is 0 Å². The number of nitrogens with two attached hydrogens (primary N) is 1. The first-order valence-corrected chi connectivity index (χ1v) is 4.86. The van der Waals surface area contributed by atoms with Crippen LogP contribution in [-0.2, 0) is 6.42 Å². The van der Waals surface area contributed by atoms with Crippen molar-refractivity contribution < 1.29 is 4.74 Å². The summed E-state index contributed by atoms with van der Waals surface area (Å²) in [5, 5.41) is 0.